The molecule has 7 heteroatoms. The molecule has 1 aromatic rings. The van der Waals surface area contributed by atoms with Gasteiger partial charge in [0.05, 0.1) is 0 Å². The van der Waals surface area contributed by atoms with E-state index in [9.17, 15) is 12.8 Å². The van der Waals surface area contributed by atoms with Crippen molar-refractivity contribution in [3.8, 4) is 0 Å². The minimum Gasteiger partial charge on any atom is -0.473 e. The Morgan fingerprint density at radius 2 is 2.00 bits per heavy atom. The van der Waals surface area contributed by atoms with Gasteiger partial charge in [0.2, 0.25) is 5.90 Å². The fourth-order valence-electron chi connectivity index (χ4n) is 4.83. The zero-order valence-corrected chi connectivity index (χ0v) is 14.1. The standard InChI is InChI=1S/C16H17ClFNO3S/c17-23(20,21)19-14-10-15-6-1-2-7-16(15,22-14)8-5-11-3-4-12(18)9-13(11)15/h3-4,9H,1-2,5-8,10H2. The van der Waals surface area contributed by atoms with Crippen LogP contribution in [-0.2, 0) is 25.8 Å². The van der Waals surface area contributed by atoms with Gasteiger partial charge in [-0.3, -0.25) is 0 Å². The van der Waals surface area contributed by atoms with Crippen LogP contribution in [0.25, 0.3) is 0 Å². The lowest BCUT2D eigenvalue weighted by atomic mass is 9.54. The molecular weight excluding hydrogens is 341 g/mol. The molecule has 4 rings (SSSR count). The molecule has 0 aromatic heterocycles. The third kappa shape index (κ3) is 2.30. The first-order valence-corrected chi connectivity index (χ1v) is 10.1. The molecule has 2 atom stereocenters. The third-order valence-corrected chi connectivity index (χ3v) is 6.30. The van der Waals surface area contributed by atoms with Crippen LogP contribution in [0.15, 0.2) is 22.6 Å². The second-order valence-electron chi connectivity index (χ2n) is 6.76. The van der Waals surface area contributed by atoms with Crippen LogP contribution in [0.5, 0.6) is 0 Å². The molecule has 1 aliphatic heterocycles. The summed E-state index contributed by atoms with van der Waals surface area (Å²) in [5.74, 6) is -0.103. The Morgan fingerprint density at radius 1 is 1.22 bits per heavy atom. The number of nitrogens with zero attached hydrogens (tertiary/aromatic N) is 1. The van der Waals surface area contributed by atoms with E-state index in [1.54, 1.807) is 6.07 Å². The molecule has 124 valence electrons. The minimum atomic E-state index is -4.02. The van der Waals surface area contributed by atoms with Crippen molar-refractivity contribution < 1.29 is 17.5 Å². The van der Waals surface area contributed by atoms with Gasteiger partial charge in [-0.25, -0.2) is 4.39 Å². The van der Waals surface area contributed by atoms with E-state index in [-0.39, 0.29) is 17.1 Å². The van der Waals surface area contributed by atoms with Gasteiger partial charge in [-0.05, 0) is 55.4 Å². The fourth-order valence-corrected chi connectivity index (χ4v) is 5.41. The predicted octanol–water partition coefficient (Wildman–Crippen LogP) is 3.62. The molecule has 0 radical (unpaired) electrons. The van der Waals surface area contributed by atoms with Gasteiger partial charge in [0.25, 0.3) is 0 Å². The summed E-state index contributed by atoms with van der Waals surface area (Å²) >= 11 is 0. The lowest BCUT2D eigenvalue weighted by molar-refractivity contribution is -0.0325. The molecule has 1 saturated heterocycles. The molecule has 4 nitrogen and oxygen atoms in total. The molecule has 1 saturated carbocycles. The summed E-state index contributed by atoms with van der Waals surface area (Å²) in [7, 11) is 1.25. The molecule has 0 bridgehead atoms. The Bertz CT molecular complexity index is 810. The SMILES string of the molecule is O=S(=O)(Cl)N=C1CC23CCCCC2(CCc2ccc(F)cc23)O1. The lowest BCUT2D eigenvalue weighted by Crippen LogP contribution is -2.53. The lowest BCUT2D eigenvalue weighted by Gasteiger charge is -2.51. The Labute approximate surface area is 139 Å². The molecule has 0 amide bonds. The van der Waals surface area contributed by atoms with E-state index in [0.717, 1.165) is 49.7 Å². The number of aryl methyl sites for hydroxylation is 1. The van der Waals surface area contributed by atoms with Gasteiger partial charge in [-0.15, -0.1) is 4.40 Å². The van der Waals surface area contributed by atoms with Gasteiger partial charge in [0, 0.05) is 22.5 Å². The van der Waals surface area contributed by atoms with E-state index in [4.69, 9.17) is 15.4 Å². The first kappa shape index (κ1) is 15.4. The molecule has 0 spiro atoms. The average Bonchev–Trinajstić information content (AvgIpc) is 2.79. The van der Waals surface area contributed by atoms with Crippen LogP contribution in [0.2, 0.25) is 0 Å². The van der Waals surface area contributed by atoms with Gasteiger partial charge in [-0.2, -0.15) is 8.42 Å². The van der Waals surface area contributed by atoms with Crippen molar-refractivity contribution in [1.29, 1.82) is 0 Å². The Kier molecular flexibility index (Phi) is 3.30. The van der Waals surface area contributed by atoms with Crippen molar-refractivity contribution in [2.75, 3.05) is 0 Å². The highest BCUT2D eigenvalue weighted by molar-refractivity contribution is 8.12. The second-order valence-corrected chi connectivity index (χ2v) is 8.94. The van der Waals surface area contributed by atoms with E-state index >= 15 is 0 Å². The summed E-state index contributed by atoms with van der Waals surface area (Å²) in [6, 6.07) is 4.92. The van der Waals surface area contributed by atoms with Gasteiger partial charge in [0.15, 0.2) is 0 Å². The molecule has 23 heavy (non-hydrogen) atoms. The first-order chi connectivity index (χ1) is 10.8. The zero-order valence-electron chi connectivity index (χ0n) is 12.5. The van der Waals surface area contributed by atoms with E-state index in [0.29, 0.717) is 6.42 Å². The highest BCUT2D eigenvalue weighted by Crippen LogP contribution is 2.60. The van der Waals surface area contributed by atoms with E-state index in [2.05, 4.69) is 4.40 Å². The van der Waals surface area contributed by atoms with Gasteiger partial charge in [-0.1, -0.05) is 12.5 Å². The zero-order chi connectivity index (χ0) is 16.3. The van der Waals surface area contributed by atoms with Crippen molar-refractivity contribution in [2.24, 2.45) is 4.40 Å². The Hall–Kier alpha value is -1.14. The first-order valence-electron chi connectivity index (χ1n) is 7.85. The van der Waals surface area contributed by atoms with Crippen LogP contribution in [0.3, 0.4) is 0 Å². The topological polar surface area (TPSA) is 55.7 Å². The van der Waals surface area contributed by atoms with Gasteiger partial charge >= 0.3 is 9.24 Å². The largest absolute Gasteiger partial charge is 0.473 e. The average molecular weight is 358 g/mol. The normalized spacial score (nSPS) is 34.4. The van der Waals surface area contributed by atoms with Crippen LogP contribution in [-0.4, -0.2) is 19.9 Å². The van der Waals surface area contributed by atoms with Crippen LogP contribution >= 0.6 is 10.7 Å². The van der Waals surface area contributed by atoms with Crippen molar-refractivity contribution >= 4 is 25.8 Å². The number of hydrogen-bond acceptors (Lipinski definition) is 3. The monoisotopic (exact) mass is 357 g/mol. The van der Waals surface area contributed by atoms with Crippen LogP contribution < -0.4 is 0 Å². The highest BCUT2D eigenvalue weighted by Gasteiger charge is 2.63. The molecule has 1 heterocycles. The summed E-state index contributed by atoms with van der Waals surface area (Å²) in [6.07, 6.45) is 5.70. The maximum Gasteiger partial charge on any atom is 0.342 e. The number of benzene rings is 1. The maximum atomic E-state index is 13.9. The maximum absolute atomic E-state index is 13.9. The quantitative estimate of drug-likeness (QED) is 0.721. The number of rotatable bonds is 1. The molecular formula is C16H17ClFNO3S. The van der Waals surface area contributed by atoms with Crippen molar-refractivity contribution in [2.45, 2.75) is 56.0 Å². The molecule has 2 aliphatic carbocycles. The Morgan fingerprint density at radius 3 is 2.78 bits per heavy atom. The minimum absolute atomic E-state index is 0.166. The number of ether oxygens (including phenoxy) is 1. The molecule has 0 N–H and O–H groups in total. The van der Waals surface area contributed by atoms with Crippen LogP contribution in [0.1, 0.15) is 49.7 Å². The highest BCUT2D eigenvalue weighted by atomic mass is 35.7. The molecule has 2 fully saturated rings. The van der Waals surface area contributed by atoms with Crippen molar-refractivity contribution in [1.82, 2.24) is 0 Å². The Balaban J connectivity index is 1.90. The molecule has 2 unspecified atom stereocenters. The predicted molar refractivity (Wildman–Crippen MR) is 85.5 cm³/mol. The smallest absolute Gasteiger partial charge is 0.342 e. The van der Waals surface area contributed by atoms with Crippen molar-refractivity contribution in [3.63, 3.8) is 0 Å². The number of hydrogen-bond donors (Lipinski definition) is 0. The summed E-state index contributed by atoms with van der Waals surface area (Å²) in [5, 5.41) is 0. The summed E-state index contributed by atoms with van der Waals surface area (Å²) < 4.78 is 46.2. The number of halogens is 2. The van der Waals surface area contributed by atoms with E-state index in [1.807, 2.05) is 6.07 Å². The van der Waals surface area contributed by atoms with Crippen molar-refractivity contribution in [3.05, 3.63) is 35.1 Å². The number of fused-ring (bicyclic) bond motifs is 1. The summed E-state index contributed by atoms with van der Waals surface area (Å²) in [4.78, 5) is 0. The summed E-state index contributed by atoms with van der Waals surface area (Å²) in [5.41, 5.74) is 1.22. The van der Waals surface area contributed by atoms with E-state index < -0.39 is 14.8 Å². The van der Waals surface area contributed by atoms with Gasteiger partial charge in [0.1, 0.15) is 11.4 Å². The van der Waals surface area contributed by atoms with Crippen LogP contribution in [0.4, 0.5) is 4.39 Å². The molecule has 1 aromatic carbocycles. The van der Waals surface area contributed by atoms with Gasteiger partial charge < -0.3 is 4.74 Å². The third-order valence-electron chi connectivity index (χ3n) is 5.67. The fraction of sp³-hybridized carbons (Fsp3) is 0.562. The second kappa shape index (κ2) is 4.93. The van der Waals surface area contributed by atoms with Crippen LogP contribution in [0, 0.1) is 5.82 Å². The van der Waals surface area contributed by atoms with E-state index in [1.165, 1.54) is 6.07 Å². The molecule has 3 aliphatic rings. The summed E-state index contributed by atoms with van der Waals surface area (Å²) in [6.45, 7) is 0.